The molecule has 0 aromatic heterocycles. The third-order valence-corrected chi connectivity index (χ3v) is 5.15. The number of likely N-dealkylation sites (N-methyl/N-ethyl adjacent to an activating group) is 1. The lowest BCUT2D eigenvalue weighted by atomic mass is 10.1. The van der Waals surface area contributed by atoms with E-state index in [4.69, 9.17) is 4.74 Å². The summed E-state index contributed by atoms with van der Waals surface area (Å²) in [7, 11) is 5.88. The minimum Gasteiger partial charge on any atom is -0.492 e. The minimum atomic E-state index is 0.654. The molecule has 0 radical (unpaired) electrons. The first kappa shape index (κ1) is 22.1. The van der Waals surface area contributed by atoms with Crippen LogP contribution in [0, 0.1) is 6.92 Å². The third-order valence-electron chi connectivity index (χ3n) is 4.33. The van der Waals surface area contributed by atoms with Gasteiger partial charge in [0.2, 0.25) is 0 Å². The molecule has 5 nitrogen and oxygen atoms in total. The van der Waals surface area contributed by atoms with Gasteiger partial charge < -0.3 is 20.3 Å². The van der Waals surface area contributed by atoms with E-state index in [1.807, 2.05) is 32.3 Å². The summed E-state index contributed by atoms with van der Waals surface area (Å²) in [4.78, 5) is 7.75. The van der Waals surface area contributed by atoms with Crippen LogP contribution in [0.1, 0.15) is 16.7 Å². The summed E-state index contributed by atoms with van der Waals surface area (Å²) < 4.78 is 5.94. The molecule has 0 amide bonds. The molecule has 0 bridgehead atoms. The predicted molar refractivity (Wildman–Crippen MR) is 120 cm³/mol. The molecule has 2 aromatic carbocycles. The van der Waals surface area contributed by atoms with Crippen LogP contribution in [0.4, 0.5) is 0 Å². The lowest BCUT2D eigenvalue weighted by molar-refractivity contribution is 0.259. The number of nitrogens with zero attached hydrogens (tertiary/aromatic N) is 2. The van der Waals surface area contributed by atoms with E-state index in [9.17, 15) is 0 Å². The van der Waals surface area contributed by atoms with Gasteiger partial charge in [-0.05, 0) is 50.5 Å². The number of rotatable bonds is 9. The van der Waals surface area contributed by atoms with Gasteiger partial charge in [0.25, 0.3) is 0 Å². The number of hydrogen-bond acceptors (Lipinski definition) is 4. The first-order valence-corrected chi connectivity index (χ1v) is 10.7. The first-order valence-electron chi connectivity index (χ1n) is 9.47. The van der Waals surface area contributed by atoms with Gasteiger partial charge >= 0.3 is 0 Å². The molecule has 0 spiro atoms. The van der Waals surface area contributed by atoms with Crippen molar-refractivity contribution in [2.24, 2.45) is 4.99 Å². The zero-order valence-electron chi connectivity index (χ0n) is 17.6. The van der Waals surface area contributed by atoms with Crippen LogP contribution in [0.2, 0.25) is 0 Å². The van der Waals surface area contributed by atoms with Crippen LogP contribution in [-0.2, 0) is 13.1 Å². The SMILES string of the molecule is CN=C(NCc1ccccc1OCCN(C)C)NCc1ccc(C)cc1SC. The average molecular weight is 401 g/mol. The molecule has 6 heteroatoms. The van der Waals surface area contributed by atoms with Gasteiger partial charge in [-0.25, -0.2) is 0 Å². The highest BCUT2D eigenvalue weighted by Crippen LogP contribution is 2.21. The number of aryl methyl sites for hydroxylation is 1. The lowest BCUT2D eigenvalue weighted by Gasteiger charge is -2.16. The van der Waals surface area contributed by atoms with Crippen LogP contribution in [-0.4, -0.2) is 51.4 Å². The Hall–Kier alpha value is -2.18. The number of nitrogens with one attached hydrogen (secondary N) is 2. The topological polar surface area (TPSA) is 48.9 Å². The summed E-state index contributed by atoms with van der Waals surface area (Å²) in [5.41, 5.74) is 3.67. The summed E-state index contributed by atoms with van der Waals surface area (Å²) in [6.45, 7) is 5.06. The van der Waals surface area contributed by atoms with Gasteiger partial charge in [0, 0.05) is 37.1 Å². The van der Waals surface area contributed by atoms with Crippen LogP contribution in [0.25, 0.3) is 0 Å². The molecule has 2 aromatic rings. The summed E-state index contributed by atoms with van der Waals surface area (Å²) in [5.74, 6) is 1.69. The number of hydrogen-bond donors (Lipinski definition) is 2. The van der Waals surface area contributed by atoms with Crippen molar-refractivity contribution < 1.29 is 4.74 Å². The van der Waals surface area contributed by atoms with Gasteiger partial charge in [0.05, 0.1) is 0 Å². The monoisotopic (exact) mass is 400 g/mol. The average Bonchev–Trinajstić information content (AvgIpc) is 2.69. The smallest absolute Gasteiger partial charge is 0.191 e. The second-order valence-electron chi connectivity index (χ2n) is 6.85. The van der Waals surface area contributed by atoms with Gasteiger partial charge in [0.1, 0.15) is 12.4 Å². The van der Waals surface area contributed by atoms with Crippen LogP contribution in [0.5, 0.6) is 5.75 Å². The highest BCUT2D eigenvalue weighted by Gasteiger charge is 2.07. The summed E-state index contributed by atoms with van der Waals surface area (Å²) in [6.07, 6.45) is 2.11. The molecule has 0 aliphatic rings. The maximum atomic E-state index is 5.94. The van der Waals surface area contributed by atoms with E-state index in [-0.39, 0.29) is 0 Å². The number of ether oxygens (including phenoxy) is 1. The maximum absolute atomic E-state index is 5.94. The number of para-hydroxylation sites is 1. The lowest BCUT2D eigenvalue weighted by Crippen LogP contribution is -2.36. The molecule has 0 aliphatic heterocycles. The van der Waals surface area contributed by atoms with Crippen molar-refractivity contribution in [1.82, 2.24) is 15.5 Å². The van der Waals surface area contributed by atoms with Crippen LogP contribution >= 0.6 is 11.8 Å². The quantitative estimate of drug-likeness (QED) is 0.383. The van der Waals surface area contributed by atoms with Gasteiger partial charge in [-0.3, -0.25) is 4.99 Å². The minimum absolute atomic E-state index is 0.654. The second kappa shape index (κ2) is 11.6. The summed E-state index contributed by atoms with van der Waals surface area (Å²) >= 11 is 1.77. The Balaban J connectivity index is 1.92. The Morgan fingerprint density at radius 1 is 1.07 bits per heavy atom. The van der Waals surface area contributed by atoms with E-state index in [0.29, 0.717) is 13.2 Å². The van der Waals surface area contributed by atoms with Crippen molar-refractivity contribution in [3.05, 3.63) is 59.2 Å². The fraction of sp³-hybridized carbons (Fsp3) is 0.409. The molecule has 0 saturated carbocycles. The van der Waals surface area contributed by atoms with Crippen molar-refractivity contribution in [1.29, 1.82) is 0 Å². The van der Waals surface area contributed by atoms with Crippen molar-refractivity contribution >= 4 is 17.7 Å². The van der Waals surface area contributed by atoms with Crippen LogP contribution in [0.3, 0.4) is 0 Å². The van der Waals surface area contributed by atoms with E-state index in [1.165, 1.54) is 16.0 Å². The normalized spacial score (nSPS) is 11.6. The van der Waals surface area contributed by atoms with Gasteiger partial charge in [-0.2, -0.15) is 0 Å². The summed E-state index contributed by atoms with van der Waals surface area (Å²) in [6, 6.07) is 14.7. The molecular formula is C22H32N4OS. The molecule has 0 aliphatic carbocycles. The predicted octanol–water partition coefficient (Wildman–Crippen LogP) is 3.52. The largest absolute Gasteiger partial charge is 0.492 e. The molecule has 2 rings (SSSR count). The van der Waals surface area contributed by atoms with Crippen molar-refractivity contribution in [2.75, 3.05) is 40.6 Å². The molecule has 0 unspecified atom stereocenters. The van der Waals surface area contributed by atoms with Gasteiger partial charge in [-0.15, -0.1) is 11.8 Å². The van der Waals surface area contributed by atoms with E-state index in [0.717, 1.165) is 30.4 Å². The Bertz CT molecular complexity index is 777. The number of benzene rings is 2. The van der Waals surface area contributed by atoms with Crippen LogP contribution < -0.4 is 15.4 Å². The highest BCUT2D eigenvalue weighted by atomic mass is 32.2. The number of aliphatic imine (C=N–C) groups is 1. The molecular weight excluding hydrogens is 368 g/mol. The first-order chi connectivity index (χ1) is 13.5. The third kappa shape index (κ3) is 7.09. The zero-order chi connectivity index (χ0) is 20.4. The van der Waals surface area contributed by atoms with E-state index in [2.05, 4.69) is 58.0 Å². The Labute approximate surface area is 173 Å². The standard InChI is InChI=1S/C22H32N4OS/c1-17-10-11-19(21(14-17)28-5)16-25-22(23-2)24-15-18-8-6-7-9-20(18)27-13-12-26(3)4/h6-11,14H,12-13,15-16H2,1-5H3,(H2,23,24,25). The molecule has 0 fully saturated rings. The number of thioether (sulfide) groups is 1. The fourth-order valence-electron chi connectivity index (χ4n) is 2.71. The van der Waals surface area contributed by atoms with E-state index >= 15 is 0 Å². The van der Waals surface area contributed by atoms with Crippen molar-refractivity contribution in [2.45, 2.75) is 24.9 Å². The van der Waals surface area contributed by atoms with Crippen LogP contribution in [0.15, 0.2) is 52.4 Å². The molecule has 0 saturated heterocycles. The van der Waals surface area contributed by atoms with Gasteiger partial charge in [0.15, 0.2) is 5.96 Å². The summed E-state index contributed by atoms with van der Waals surface area (Å²) in [5, 5.41) is 6.79. The zero-order valence-corrected chi connectivity index (χ0v) is 18.4. The molecule has 0 heterocycles. The molecule has 28 heavy (non-hydrogen) atoms. The van der Waals surface area contributed by atoms with Crippen molar-refractivity contribution in [3.8, 4) is 5.75 Å². The van der Waals surface area contributed by atoms with Gasteiger partial charge in [-0.1, -0.05) is 30.3 Å². The molecule has 152 valence electrons. The van der Waals surface area contributed by atoms with E-state index < -0.39 is 0 Å². The van der Waals surface area contributed by atoms with Crippen molar-refractivity contribution in [3.63, 3.8) is 0 Å². The Morgan fingerprint density at radius 3 is 2.46 bits per heavy atom. The Kier molecular flexibility index (Phi) is 9.17. The molecule has 0 atom stereocenters. The highest BCUT2D eigenvalue weighted by molar-refractivity contribution is 7.98. The Morgan fingerprint density at radius 2 is 1.79 bits per heavy atom. The number of guanidine groups is 1. The molecule has 2 N–H and O–H groups in total. The fourth-order valence-corrected chi connectivity index (χ4v) is 3.41. The second-order valence-corrected chi connectivity index (χ2v) is 7.70. The maximum Gasteiger partial charge on any atom is 0.191 e. The van der Waals surface area contributed by atoms with E-state index in [1.54, 1.807) is 18.8 Å².